The molecular formula is C24H28FN5O2. The minimum absolute atomic E-state index is 0.0842. The number of aromatic nitrogens is 3. The van der Waals surface area contributed by atoms with Gasteiger partial charge in [0.15, 0.2) is 0 Å². The van der Waals surface area contributed by atoms with Gasteiger partial charge in [-0.1, -0.05) is 12.1 Å². The number of amides is 1. The van der Waals surface area contributed by atoms with Crippen molar-refractivity contribution in [2.45, 2.75) is 39.1 Å². The van der Waals surface area contributed by atoms with Gasteiger partial charge < -0.3 is 9.64 Å². The summed E-state index contributed by atoms with van der Waals surface area (Å²) in [5, 5.41) is 0. The van der Waals surface area contributed by atoms with Crippen LogP contribution in [0.15, 0.2) is 61.1 Å². The van der Waals surface area contributed by atoms with Crippen molar-refractivity contribution in [2.75, 3.05) is 19.6 Å². The van der Waals surface area contributed by atoms with Gasteiger partial charge in [0.05, 0.1) is 19.3 Å². The van der Waals surface area contributed by atoms with E-state index < -0.39 is 0 Å². The summed E-state index contributed by atoms with van der Waals surface area (Å²) in [6, 6.07) is 12.1. The van der Waals surface area contributed by atoms with E-state index in [1.807, 2.05) is 41.6 Å². The molecule has 8 heteroatoms. The van der Waals surface area contributed by atoms with Crippen LogP contribution in [0.25, 0.3) is 5.95 Å². The van der Waals surface area contributed by atoms with Crippen molar-refractivity contribution in [2.24, 2.45) is 0 Å². The van der Waals surface area contributed by atoms with Crippen LogP contribution in [0.3, 0.4) is 0 Å². The molecule has 1 aromatic carbocycles. The first-order valence-electron chi connectivity index (χ1n) is 10.8. The molecule has 0 N–H and O–H groups in total. The van der Waals surface area contributed by atoms with Crippen LogP contribution in [0.2, 0.25) is 0 Å². The Labute approximate surface area is 187 Å². The molecule has 0 bridgehead atoms. The van der Waals surface area contributed by atoms with Crippen molar-refractivity contribution in [3.05, 3.63) is 78.1 Å². The van der Waals surface area contributed by atoms with Crippen LogP contribution in [0.4, 0.5) is 4.39 Å². The summed E-state index contributed by atoms with van der Waals surface area (Å²) in [6.07, 6.45) is 5.18. The Morgan fingerprint density at radius 2 is 1.84 bits per heavy atom. The second kappa shape index (κ2) is 10.0. The number of benzene rings is 1. The fourth-order valence-corrected chi connectivity index (χ4v) is 3.92. The third-order valence-electron chi connectivity index (χ3n) is 5.55. The highest BCUT2D eigenvalue weighted by atomic mass is 19.1. The first kappa shape index (κ1) is 22.1. The smallest absolute Gasteiger partial charge is 0.237 e. The van der Waals surface area contributed by atoms with Crippen molar-refractivity contribution in [1.29, 1.82) is 0 Å². The molecule has 1 saturated heterocycles. The first-order chi connectivity index (χ1) is 15.5. The number of nitrogens with zero attached hydrogens (tertiary/aromatic N) is 5. The van der Waals surface area contributed by atoms with Crippen LogP contribution in [0, 0.1) is 5.82 Å². The highest BCUT2D eigenvalue weighted by molar-refractivity contribution is 5.79. The largest absolute Gasteiger partial charge is 0.370 e. The van der Waals surface area contributed by atoms with Crippen molar-refractivity contribution in [3.63, 3.8) is 0 Å². The maximum absolute atomic E-state index is 13.2. The van der Waals surface area contributed by atoms with Gasteiger partial charge in [-0.15, -0.1) is 0 Å². The van der Waals surface area contributed by atoms with E-state index in [-0.39, 0.29) is 23.9 Å². The van der Waals surface area contributed by atoms with Crippen molar-refractivity contribution >= 4 is 5.91 Å². The van der Waals surface area contributed by atoms with Gasteiger partial charge in [-0.25, -0.2) is 14.4 Å². The van der Waals surface area contributed by atoms with Crippen molar-refractivity contribution in [1.82, 2.24) is 24.3 Å². The minimum atomic E-state index is -0.267. The highest BCUT2D eigenvalue weighted by Crippen LogP contribution is 2.17. The Bertz CT molecular complexity index is 1020. The summed E-state index contributed by atoms with van der Waals surface area (Å²) in [5.74, 6) is 0.417. The Kier molecular flexibility index (Phi) is 6.92. The molecule has 4 rings (SSSR count). The third-order valence-corrected chi connectivity index (χ3v) is 5.55. The lowest BCUT2D eigenvalue weighted by Crippen LogP contribution is -2.42. The molecular weight excluding hydrogens is 409 g/mol. The maximum atomic E-state index is 13.2. The fraction of sp³-hybridized carbons (Fsp3) is 0.375. The van der Waals surface area contributed by atoms with Gasteiger partial charge in [0.2, 0.25) is 11.9 Å². The van der Waals surface area contributed by atoms with Crippen LogP contribution < -0.4 is 0 Å². The van der Waals surface area contributed by atoms with Gasteiger partial charge in [-0.2, -0.15) is 0 Å². The summed E-state index contributed by atoms with van der Waals surface area (Å²) >= 11 is 0. The summed E-state index contributed by atoms with van der Waals surface area (Å²) in [4.78, 5) is 25.6. The van der Waals surface area contributed by atoms with Gasteiger partial charge in [-0.05, 0) is 49.7 Å². The monoisotopic (exact) mass is 437 g/mol. The van der Waals surface area contributed by atoms with Crippen molar-refractivity contribution in [3.8, 4) is 5.95 Å². The second-order valence-corrected chi connectivity index (χ2v) is 8.29. The van der Waals surface area contributed by atoms with Gasteiger partial charge in [0, 0.05) is 50.0 Å². The molecule has 2 aromatic heterocycles. The Morgan fingerprint density at radius 1 is 1.09 bits per heavy atom. The predicted molar refractivity (Wildman–Crippen MR) is 118 cm³/mol. The van der Waals surface area contributed by atoms with E-state index in [4.69, 9.17) is 4.74 Å². The minimum Gasteiger partial charge on any atom is -0.370 e. The molecule has 1 amide bonds. The van der Waals surface area contributed by atoms with E-state index in [9.17, 15) is 9.18 Å². The molecule has 0 radical (unpaired) electrons. The van der Waals surface area contributed by atoms with Gasteiger partial charge in [0.1, 0.15) is 5.82 Å². The zero-order valence-corrected chi connectivity index (χ0v) is 18.4. The van der Waals surface area contributed by atoms with E-state index in [1.165, 1.54) is 12.1 Å². The van der Waals surface area contributed by atoms with Gasteiger partial charge in [-0.3, -0.25) is 14.3 Å². The molecule has 7 nitrogen and oxygen atoms in total. The number of hydrogen-bond donors (Lipinski definition) is 0. The number of carbonyl (C=O) groups is 1. The Balaban J connectivity index is 1.50. The summed E-state index contributed by atoms with van der Waals surface area (Å²) in [7, 11) is 0. The van der Waals surface area contributed by atoms with Crippen LogP contribution in [0.1, 0.15) is 25.1 Å². The van der Waals surface area contributed by atoms with E-state index in [0.29, 0.717) is 38.7 Å². The van der Waals surface area contributed by atoms with E-state index in [0.717, 1.165) is 11.3 Å². The summed E-state index contributed by atoms with van der Waals surface area (Å²) in [6.45, 7) is 6.42. The van der Waals surface area contributed by atoms with Crippen LogP contribution in [0.5, 0.6) is 0 Å². The highest BCUT2D eigenvalue weighted by Gasteiger charge is 2.30. The SMILES string of the molecule is CC(C)N1CC(OCc2ccc(F)cc2)CN(Cc2cccn2-c2ncccn2)CC1=O. The van der Waals surface area contributed by atoms with Crippen LogP contribution >= 0.6 is 0 Å². The van der Waals surface area contributed by atoms with E-state index in [1.54, 1.807) is 30.6 Å². The lowest BCUT2D eigenvalue weighted by molar-refractivity contribution is -0.133. The molecule has 0 spiro atoms. The number of halogens is 1. The van der Waals surface area contributed by atoms with E-state index in [2.05, 4.69) is 14.9 Å². The zero-order valence-electron chi connectivity index (χ0n) is 18.4. The Hall–Kier alpha value is -3.10. The Morgan fingerprint density at radius 3 is 2.56 bits per heavy atom. The van der Waals surface area contributed by atoms with Crippen LogP contribution in [-0.2, 0) is 22.7 Å². The third kappa shape index (κ3) is 5.38. The molecule has 1 unspecified atom stereocenters. The number of rotatable bonds is 7. The van der Waals surface area contributed by atoms with Crippen molar-refractivity contribution < 1.29 is 13.9 Å². The average Bonchev–Trinajstić information content (AvgIpc) is 3.18. The quantitative estimate of drug-likeness (QED) is 0.569. The summed E-state index contributed by atoms with van der Waals surface area (Å²) < 4.78 is 21.3. The van der Waals surface area contributed by atoms with Gasteiger partial charge in [0.25, 0.3) is 0 Å². The molecule has 1 aliphatic heterocycles. The normalized spacial score (nSPS) is 17.7. The first-order valence-corrected chi connectivity index (χ1v) is 10.8. The predicted octanol–water partition coefficient (Wildman–Crippen LogP) is 3.04. The lowest BCUT2D eigenvalue weighted by Gasteiger charge is -2.27. The number of carbonyl (C=O) groups excluding carboxylic acids is 1. The second-order valence-electron chi connectivity index (χ2n) is 8.29. The standard InChI is InChI=1S/C24H28FN5O2/c1-18(2)30-15-22(32-17-19-6-8-20(25)9-7-19)14-28(16-23(30)31)13-21-5-3-12-29(21)24-26-10-4-11-27-24/h3-12,18,22H,13-17H2,1-2H3. The fourth-order valence-electron chi connectivity index (χ4n) is 3.92. The average molecular weight is 438 g/mol. The molecule has 0 saturated carbocycles. The van der Waals surface area contributed by atoms with Crippen LogP contribution in [-0.4, -0.2) is 62.0 Å². The molecule has 3 aromatic rings. The maximum Gasteiger partial charge on any atom is 0.237 e. The molecule has 168 valence electrons. The van der Waals surface area contributed by atoms with Gasteiger partial charge >= 0.3 is 0 Å². The molecule has 32 heavy (non-hydrogen) atoms. The van der Waals surface area contributed by atoms with E-state index >= 15 is 0 Å². The molecule has 1 atom stereocenters. The number of hydrogen-bond acceptors (Lipinski definition) is 5. The topological polar surface area (TPSA) is 63.5 Å². The lowest BCUT2D eigenvalue weighted by atomic mass is 10.2. The molecule has 0 aliphatic carbocycles. The molecule has 3 heterocycles. The zero-order chi connectivity index (χ0) is 22.5. The molecule has 1 aliphatic rings. The summed E-state index contributed by atoms with van der Waals surface area (Å²) in [5.41, 5.74) is 1.90. The number of ether oxygens (including phenoxy) is 1. The molecule has 1 fully saturated rings.